The first-order valence-corrected chi connectivity index (χ1v) is 6.38. The maximum absolute atomic E-state index is 11.5. The molecule has 0 spiro atoms. The van der Waals surface area contributed by atoms with Crippen molar-refractivity contribution in [3.05, 3.63) is 35.4 Å². The van der Waals surface area contributed by atoms with Gasteiger partial charge in [-0.25, -0.2) is 5.48 Å². The van der Waals surface area contributed by atoms with Crippen molar-refractivity contribution >= 4 is 11.8 Å². The van der Waals surface area contributed by atoms with Crippen molar-refractivity contribution in [2.45, 2.75) is 32.6 Å². The summed E-state index contributed by atoms with van der Waals surface area (Å²) in [5.74, 6) is -0.928. The standard InChI is InChI=1S/C14H20N2O3/c1-2-3-4-11-5-7-12(8-6-11)9-14(18)16-19-10-13(15)17/h5-8H,2-4,9-10H2,1H3,(H2,15,17)(H,16,18). The molecular formula is C14H20N2O3. The van der Waals surface area contributed by atoms with Crippen LogP contribution in [0.2, 0.25) is 0 Å². The van der Waals surface area contributed by atoms with E-state index in [4.69, 9.17) is 5.73 Å². The lowest BCUT2D eigenvalue weighted by atomic mass is 10.0. The fourth-order valence-electron chi connectivity index (χ4n) is 1.61. The van der Waals surface area contributed by atoms with Gasteiger partial charge in [0.2, 0.25) is 11.8 Å². The molecule has 19 heavy (non-hydrogen) atoms. The van der Waals surface area contributed by atoms with Gasteiger partial charge >= 0.3 is 0 Å². The van der Waals surface area contributed by atoms with Crippen molar-refractivity contribution < 1.29 is 14.4 Å². The highest BCUT2D eigenvalue weighted by Crippen LogP contribution is 2.08. The summed E-state index contributed by atoms with van der Waals surface area (Å²) in [5.41, 5.74) is 9.22. The Balaban J connectivity index is 2.35. The zero-order chi connectivity index (χ0) is 14.1. The predicted molar refractivity (Wildman–Crippen MR) is 72.0 cm³/mol. The van der Waals surface area contributed by atoms with Crippen molar-refractivity contribution in [3.63, 3.8) is 0 Å². The predicted octanol–water partition coefficient (Wildman–Crippen LogP) is 1.10. The van der Waals surface area contributed by atoms with Crippen LogP contribution in [0.5, 0.6) is 0 Å². The maximum Gasteiger partial charge on any atom is 0.247 e. The zero-order valence-electron chi connectivity index (χ0n) is 11.1. The van der Waals surface area contributed by atoms with Gasteiger partial charge < -0.3 is 5.73 Å². The van der Waals surface area contributed by atoms with Crippen LogP contribution >= 0.6 is 0 Å². The van der Waals surface area contributed by atoms with Crippen LogP contribution in [-0.4, -0.2) is 18.4 Å². The van der Waals surface area contributed by atoms with Crippen LogP contribution in [0.4, 0.5) is 0 Å². The van der Waals surface area contributed by atoms with Gasteiger partial charge in [-0.05, 0) is 24.0 Å². The average Bonchev–Trinajstić information content (AvgIpc) is 2.37. The lowest BCUT2D eigenvalue weighted by Crippen LogP contribution is -2.30. The molecule has 0 fully saturated rings. The molecule has 0 aliphatic heterocycles. The second-order valence-electron chi connectivity index (χ2n) is 4.38. The van der Waals surface area contributed by atoms with E-state index in [9.17, 15) is 9.59 Å². The molecule has 0 heterocycles. The molecule has 1 aromatic carbocycles. The van der Waals surface area contributed by atoms with E-state index in [1.807, 2.05) is 24.3 Å². The van der Waals surface area contributed by atoms with Gasteiger partial charge in [0.25, 0.3) is 0 Å². The number of hydrogen-bond donors (Lipinski definition) is 2. The molecule has 0 radical (unpaired) electrons. The Morgan fingerprint density at radius 2 is 1.84 bits per heavy atom. The quantitative estimate of drug-likeness (QED) is 0.690. The summed E-state index contributed by atoms with van der Waals surface area (Å²) in [5, 5.41) is 0. The third-order valence-corrected chi connectivity index (χ3v) is 2.61. The smallest absolute Gasteiger partial charge is 0.247 e. The molecule has 0 aliphatic rings. The van der Waals surface area contributed by atoms with E-state index in [1.54, 1.807) is 0 Å². The van der Waals surface area contributed by atoms with Crippen molar-refractivity contribution in [2.24, 2.45) is 5.73 Å². The van der Waals surface area contributed by atoms with Crippen LogP contribution in [0.25, 0.3) is 0 Å². The zero-order valence-corrected chi connectivity index (χ0v) is 11.1. The van der Waals surface area contributed by atoms with Gasteiger partial charge in [0.05, 0.1) is 6.42 Å². The molecule has 3 N–H and O–H groups in total. The van der Waals surface area contributed by atoms with Gasteiger partial charge in [-0.2, -0.15) is 0 Å². The Labute approximate surface area is 113 Å². The van der Waals surface area contributed by atoms with Gasteiger partial charge in [-0.15, -0.1) is 0 Å². The highest BCUT2D eigenvalue weighted by atomic mass is 16.7. The third kappa shape index (κ3) is 6.57. The second kappa shape index (κ2) is 8.26. The molecule has 0 aliphatic carbocycles. The number of nitrogens with two attached hydrogens (primary N) is 1. The highest BCUT2D eigenvalue weighted by molar-refractivity contribution is 5.78. The van der Waals surface area contributed by atoms with Gasteiger partial charge in [0.15, 0.2) is 6.61 Å². The lowest BCUT2D eigenvalue weighted by Gasteiger charge is -2.05. The van der Waals surface area contributed by atoms with E-state index in [1.165, 1.54) is 18.4 Å². The largest absolute Gasteiger partial charge is 0.368 e. The summed E-state index contributed by atoms with van der Waals surface area (Å²) >= 11 is 0. The molecule has 1 aromatic rings. The summed E-state index contributed by atoms with van der Waals surface area (Å²) in [6, 6.07) is 7.92. The first-order chi connectivity index (χ1) is 9.11. The third-order valence-electron chi connectivity index (χ3n) is 2.61. The SMILES string of the molecule is CCCCc1ccc(CC(=O)NOCC(N)=O)cc1. The molecule has 5 heteroatoms. The monoisotopic (exact) mass is 264 g/mol. The van der Waals surface area contributed by atoms with E-state index in [0.29, 0.717) is 0 Å². The van der Waals surface area contributed by atoms with Crippen LogP contribution < -0.4 is 11.2 Å². The fourth-order valence-corrected chi connectivity index (χ4v) is 1.61. The number of hydroxylamine groups is 1. The van der Waals surface area contributed by atoms with E-state index >= 15 is 0 Å². The molecule has 2 amide bonds. The van der Waals surface area contributed by atoms with E-state index < -0.39 is 5.91 Å². The van der Waals surface area contributed by atoms with Gasteiger partial charge in [-0.3, -0.25) is 14.4 Å². The highest BCUT2D eigenvalue weighted by Gasteiger charge is 2.04. The average molecular weight is 264 g/mol. The number of hydrogen-bond acceptors (Lipinski definition) is 3. The van der Waals surface area contributed by atoms with Crippen molar-refractivity contribution in [2.75, 3.05) is 6.61 Å². The number of amides is 2. The minimum atomic E-state index is -0.624. The Morgan fingerprint density at radius 1 is 1.21 bits per heavy atom. The summed E-state index contributed by atoms with van der Waals surface area (Å²) in [7, 11) is 0. The molecular weight excluding hydrogens is 244 g/mol. The van der Waals surface area contributed by atoms with Gasteiger partial charge in [0, 0.05) is 0 Å². The van der Waals surface area contributed by atoms with Gasteiger partial charge in [0.1, 0.15) is 0 Å². The number of nitrogens with one attached hydrogen (secondary N) is 1. The van der Waals surface area contributed by atoms with Crippen molar-refractivity contribution in [3.8, 4) is 0 Å². The maximum atomic E-state index is 11.5. The summed E-state index contributed by atoms with van der Waals surface area (Å²) in [6.45, 7) is 1.84. The lowest BCUT2D eigenvalue weighted by molar-refractivity contribution is -0.137. The van der Waals surface area contributed by atoms with E-state index in [2.05, 4.69) is 17.2 Å². The van der Waals surface area contributed by atoms with Crippen LogP contribution in [0.3, 0.4) is 0 Å². The van der Waals surface area contributed by atoms with Gasteiger partial charge in [-0.1, -0.05) is 37.6 Å². The molecule has 5 nitrogen and oxygen atoms in total. The van der Waals surface area contributed by atoms with Crippen molar-refractivity contribution in [1.29, 1.82) is 0 Å². The van der Waals surface area contributed by atoms with Crippen molar-refractivity contribution in [1.82, 2.24) is 5.48 Å². The van der Waals surface area contributed by atoms with Crippen LogP contribution in [0.15, 0.2) is 24.3 Å². The van der Waals surface area contributed by atoms with Crippen LogP contribution in [-0.2, 0) is 27.3 Å². The first-order valence-electron chi connectivity index (χ1n) is 6.38. The Hall–Kier alpha value is -1.88. The number of benzene rings is 1. The molecule has 0 unspecified atom stereocenters. The minimum Gasteiger partial charge on any atom is -0.368 e. The van der Waals surface area contributed by atoms with Crippen LogP contribution in [0.1, 0.15) is 30.9 Å². The second-order valence-corrected chi connectivity index (χ2v) is 4.38. The summed E-state index contributed by atoms with van der Waals surface area (Å²) in [4.78, 5) is 26.5. The number of aryl methyl sites for hydroxylation is 1. The number of primary amides is 1. The number of rotatable bonds is 8. The summed E-state index contributed by atoms with van der Waals surface area (Å²) in [6.07, 6.45) is 3.61. The molecule has 1 rings (SSSR count). The molecule has 0 bridgehead atoms. The first kappa shape index (κ1) is 15.2. The molecule has 0 saturated heterocycles. The number of carbonyl (C=O) groups excluding carboxylic acids is 2. The topological polar surface area (TPSA) is 81.4 Å². The van der Waals surface area contributed by atoms with E-state index in [-0.39, 0.29) is 18.9 Å². The van der Waals surface area contributed by atoms with Crippen LogP contribution in [0, 0.1) is 0 Å². The summed E-state index contributed by atoms with van der Waals surface area (Å²) < 4.78 is 0. The molecule has 0 saturated carbocycles. The fraction of sp³-hybridized carbons (Fsp3) is 0.429. The minimum absolute atomic E-state index is 0.215. The Kier molecular flexibility index (Phi) is 6.60. The molecule has 0 atom stereocenters. The number of carbonyl (C=O) groups is 2. The molecule has 104 valence electrons. The van der Waals surface area contributed by atoms with E-state index in [0.717, 1.165) is 12.0 Å². The normalized spacial score (nSPS) is 10.2. The Bertz CT molecular complexity index is 415. The number of unbranched alkanes of at least 4 members (excludes halogenated alkanes) is 1. The Morgan fingerprint density at radius 3 is 2.42 bits per heavy atom. The molecule has 0 aromatic heterocycles.